The first kappa shape index (κ1) is 18.7. The summed E-state index contributed by atoms with van der Waals surface area (Å²) in [6, 6.07) is 8.43. The Labute approximate surface area is 163 Å². The molecule has 0 unspecified atom stereocenters. The van der Waals surface area contributed by atoms with Crippen LogP contribution in [0.1, 0.15) is 31.2 Å². The molecule has 2 aliphatic heterocycles. The molecule has 0 saturated carbocycles. The lowest BCUT2D eigenvalue weighted by atomic mass is 9.78. The van der Waals surface area contributed by atoms with Gasteiger partial charge in [-0.15, -0.1) is 0 Å². The largest absolute Gasteiger partial charge is 0.342 e. The number of aromatic nitrogens is 2. The van der Waals surface area contributed by atoms with Crippen molar-refractivity contribution in [3.8, 4) is 0 Å². The Morgan fingerprint density at radius 2 is 2.04 bits per heavy atom. The van der Waals surface area contributed by atoms with Crippen LogP contribution in [0, 0.1) is 11.2 Å². The Bertz CT molecular complexity index is 854. The molecule has 0 N–H and O–H groups in total. The highest BCUT2D eigenvalue weighted by Crippen LogP contribution is 2.40. The number of nitrogens with zero attached hydrogens (tertiary/aromatic N) is 4. The van der Waals surface area contributed by atoms with Gasteiger partial charge >= 0.3 is 0 Å². The van der Waals surface area contributed by atoms with Gasteiger partial charge in [0.1, 0.15) is 5.82 Å². The molecule has 7 heteroatoms. The molecule has 2 aromatic rings. The van der Waals surface area contributed by atoms with E-state index in [0.717, 1.165) is 12.8 Å². The number of benzene rings is 1. The molecule has 6 nitrogen and oxygen atoms in total. The zero-order chi connectivity index (χ0) is 19.6. The highest BCUT2D eigenvalue weighted by atomic mass is 19.1. The number of carbonyl (C=O) groups excluding carboxylic acids is 2. The van der Waals surface area contributed by atoms with Crippen molar-refractivity contribution >= 4 is 11.8 Å². The number of piperidine rings is 1. The Hall–Kier alpha value is -2.70. The fourth-order valence-electron chi connectivity index (χ4n) is 4.40. The van der Waals surface area contributed by atoms with Crippen molar-refractivity contribution in [3.05, 3.63) is 54.1 Å². The van der Waals surface area contributed by atoms with E-state index in [4.69, 9.17) is 0 Å². The van der Waals surface area contributed by atoms with Crippen molar-refractivity contribution in [2.45, 2.75) is 38.8 Å². The van der Waals surface area contributed by atoms with Gasteiger partial charge in [0.25, 0.3) is 0 Å². The van der Waals surface area contributed by atoms with Gasteiger partial charge in [-0.3, -0.25) is 14.3 Å². The molecule has 1 atom stereocenters. The molecule has 2 amide bonds. The predicted molar refractivity (Wildman–Crippen MR) is 102 cm³/mol. The first-order valence-electron chi connectivity index (χ1n) is 9.85. The smallest absolute Gasteiger partial charge is 0.230 e. The predicted octanol–water partition coefficient (Wildman–Crippen LogP) is 2.45. The van der Waals surface area contributed by atoms with Gasteiger partial charge < -0.3 is 9.80 Å². The van der Waals surface area contributed by atoms with Crippen LogP contribution in [-0.2, 0) is 22.7 Å². The van der Waals surface area contributed by atoms with E-state index in [9.17, 15) is 14.0 Å². The van der Waals surface area contributed by atoms with Gasteiger partial charge in [-0.05, 0) is 31.4 Å². The number of halogens is 1. The van der Waals surface area contributed by atoms with Crippen LogP contribution in [0.3, 0.4) is 0 Å². The second kappa shape index (κ2) is 7.73. The second-order valence-electron chi connectivity index (χ2n) is 7.79. The number of rotatable bonds is 5. The van der Waals surface area contributed by atoms with Crippen LogP contribution in [0.5, 0.6) is 0 Å². The lowest BCUT2D eigenvalue weighted by Gasteiger charge is -2.39. The van der Waals surface area contributed by atoms with Gasteiger partial charge in [0.15, 0.2) is 0 Å². The maximum absolute atomic E-state index is 14.0. The minimum absolute atomic E-state index is 0.0596. The van der Waals surface area contributed by atoms with Crippen LogP contribution in [0.15, 0.2) is 42.7 Å². The number of hydrogen-bond donors (Lipinski definition) is 0. The summed E-state index contributed by atoms with van der Waals surface area (Å²) in [6.45, 7) is 2.56. The van der Waals surface area contributed by atoms with Crippen LogP contribution >= 0.6 is 0 Å². The molecule has 0 aliphatic carbocycles. The molecule has 1 spiro atoms. The van der Waals surface area contributed by atoms with Crippen molar-refractivity contribution < 1.29 is 14.0 Å². The third-order valence-electron chi connectivity index (χ3n) is 5.96. The van der Waals surface area contributed by atoms with Crippen LogP contribution in [-0.4, -0.2) is 51.0 Å². The summed E-state index contributed by atoms with van der Waals surface area (Å²) >= 11 is 0. The molecular formula is C21H25FN4O2. The zero-order valence-corrected chi connectivity index (χ0v) is 15.9. The van der Waals surface area contributed by atoms with Crippen molar-refractivity contribution in [2.24, 2.45) is 5.41 Å². The summed E-state index contributed by atoms with van der Waals surface area (Å²) in [5.41, 5.74) is 0.0308. The second-order valence-corrected chi connectivity index (χ2v) is 7.79. The molecule has 1 aromatic carbocycles. The number of carbonyl (C=O) groups is 2. The van der Waals surface area contributed by atoms with E-state index in [-0.39, 0.29) is 17.6 Å². The molecule has 2 fully saturated rings. The van der Waals surface area contributed by atoms with Gasteiger partial charge in [0, 0.05) is 57.1 Å². The molecule has 4 rings (SSSR count). The van der Waals surface area contributed by atoms with Gasteiger partial charge in [0.05, 0.1) is 5.41 Å². The average Bonchev–Trinajstić information content (AvgIpc) is 3.36. The molecule has 2 saturated heterocycles. The quantitative estimate of drug-likeness (QED) is 0.796. The molecule has 0 radical (unpaired) electrons. The summed E-state index contributed by atoms with van der Waals surface area (Å²) in [7, 11) is 0. The highest BCUT2D eigenvalue weighted by Gasteiger charge is 2.49. The van der Waals surface area contributed by atoms with Crippen LogP contribution in [0.2, 0.25) is 0 Å². The maximum Gasteiger partial charge on any atom is 0.230 e. The monoisotopic (exact) mass is 384 g/mol. The number of amides is 2. The maximum atomic E-state index is 14.0. The fraction of sp³-hybridized carbons (Fsp3) is 0.476. The highest BCUT2D eigenvalue weighted by molar-refractivity contribution is 5.86. The Morgan fingerprint density at radius 1 is 1.18 bits per heavy atom. The van der Waals surface area contributed by atoms with E-state index in [1.165, 1.54) is 6.07 Å². The summed E-state index contributed by atoms with van der Waals surface area (Å²) < 4.78 is 15.8. The summed E-state index contributed by atoms with van der Waals surface area (Å²) in [4.78, 5) is 29.4. The van der Waals surface area contributed by atoms with Gasteiger partial charge in [-0.25, -0.2) is 4.39 Å². The molecule has 148 valence electrons. The van der Waals surface area contributed by atoms with Crippen LogP contribution in [0.25, 0.3) is 0 Å². The van der Waals surface area contributed by atoms with Crippen molar-refractivity contribution in [2.75, 3.05) is 19.6 Å². The molecule has 1 aromatic heterocycles. The lowest BCUT2D eigenvalue weighted by Crippen LogP contribution is -2.50. The van der Waals surface area contributed by atoms with Crippen LogP contribution < -0.4 is 0 Å². The van der Waals surface area contributed by atoms with Crippen molar-refractivity contribution in [1.29, 1.82) is 0 Å². The standard InChI is InChI=1S/C21H25FN4O2/c22-18-6-2-1-5-17(18)15-24-11-3-8-21(20(24)28)9-14-25(16-21)19(27)7-13-26-12-4-10-23-26/h1-2,4-6,10,12H,3,7-9,11,13-16H2/t21-/m0/s1. The summed E-state index contributed by atoms with van der Waals surface area (Å²) in [6.07, 6.45) is 6.28. The number of hydrogen-bond acceptors (Lipinski definition) is 3. The average molecular weight is 384 g/mol. The first-order chi connectivity index (χ1) is 13.6. The van der Waals surface area contributed by atoms with E-state index in [0.29, 0.717) is 51.1 Å². The molecular weight excluding hydrogens is 359 g/mol. The van der Waals surface area contributed by atoms with E-state index in [2.05, 4.69) is 5.10 Å². The molecule has 3 heterocycles. The zero-order valence-electron chi connectivity index (χ0n) is 15.9. The van der Waals surface area contributed by atoms with Crippen molar-refractivity contribution in [1.82, 2.24) is 19.6 Å². The van der Waals surface area contributed by atoms with Gasteiger partial charge in [0.2, 0.25) is 11.8 Å². The van der Waals surface area contributed by atoms with Crippen LogP contribution in [0.4, 0.5) is 4.39 Å². The SMILES string of the molecule is O=C(CCn1cccn1)N1CC[C@@]2(CCCN(Cc3ccccc3F)C2=O)C1. The van der Waals surface area contributed by atoms with Gasteiger partial charge in [-0.1, -0.05) is 18.2 Å². The lowest BCUT2D eigenvalue weighted by molar-refractivity contribution is -0.146. The fourth-order valence-corrected chi connectivity index (χ4v) is 4.40. The third-order valence-corrected chi connectivity index (χ3v) is 5.96. The van der Waals surface area contributed by atoms with Crippen molar-refractivity contribution in [3.63, 3.8) is 0 Å². The summed E-state index contributed by atoms with van der Waals surface area (Å²) in [5, 5.41) is 4.12. The molecule has 28 heavy (non-hydrogen) atoms. The normalized spacial score (nSPS) is 22.2. The van der Waals surface area contributed by atoms with Gasteiger partial charge in [-0.2, -0.15) is 5.10 Å². The van der Waals surface area contributed by atoms with E-state index in [1.807, 2.05) is 17.2 Å². The molecule has 2 aliphatic rings. The number of likely N-dealkylation sites (tertiary alicyclic amines) is 2. The minimum atomic E-state index is -0.509. The Balaban J connectivity index is 1.39. The molecule has 0 bridgehead atoms. The van der Waals surface area contributed by atoms with E-state index < -0.39 is 5.41 Å². The Morgan fingerprint density at radius 3 is 2.82 bits per heavy atom. The van der Waals surface area contributed by atoms with E-state index >= 15 is 0 Å². The third kappa shape index (κ3) is 3.66. The first-order valence-corrected chi connectivity index (χ1v) is 9.85. The number of aryl methyl sites for hydroxylation is 1. The topological polar surface area (TPSA) is 58.4 Å². The Kier molecular flexibility index (Phi) is 5.15. The minimum Gasteiger partial charge on any atom is -0.342 e. The van der Waals surface area contributed by atoms with E-state index in [1.54, 1.807) is 34.0 Å². The summed E-state index contributed by atoms with van der Waals surface area (Å²) in [5.74, 6) is -0.160.